The van der Waals surface area contributed by atoms with Crippen molar-refractivity contribution in [2.24, 2.45) is 0 Å². The zero-order chi connectivity index (χ0) is 16.6. The molecule has 0 unspecified atom stereocenters. The molecule has 3 rings (SSSR count). The lowest BCUT2D eigenvalue weighted by Gasteiger charge is -2.26. The van der Waals surface area contributed by atoms with E-state index in [-0.39, 0.29) is 5.91 Å². The van der Waals surface area contributed by atoms with Crippen LogP contribution in [0.2, 0.25) is 0 Å². The van der Waals surface area contributed by atoms with E-state index < -0.39 is 0 Å². The molecular formula is C17H21N5O2. The normalized spacial score (nSPS) is 15.0. The van der Waals surface area contributed by atoms with E-state index in [0.717, 1.165) is 38.5 Å². The van der Waals surface area contributed by atoms with Crippen LogP contribution in [-0.2, 0) is 4.74 Å². The minimum absolute atomic E-state index is 0.0825. The Balaban J connectivity index is 1.52. The van der Waals surface area contributed by atoms with Gasteiger partial charge in [0.1, 0.15) is 0 Å². The molecule has 2 aromatic rings. The van der Waals surface area contributed by atoms with E-state index in [4.69, 9.17) is 4.74 Å². The summed E-state index contributed by atoms with van der Waals surface area (Å²) in [5.41, 5.74) is 1.39. The van der Waals surface area contributed by atoms with Crippen molar-refractivity contribution in [3.05, 3.63) is 48.3 Å². The second-order valence-corrected chi connectivity index (χ2v) is 5.49. The van der Waals surface area contributed by atoms with Crippen LogP contribution in [0.25, 0.3) is 0 Å². The summed E-state index contributed by atoms with van der Waals surface area (Å²) in [6, 6.07) is 9.05. The molecule has 0 saturated carbocycles. The number of hydrogen-bond donors (Lipinski definition) is 2. The van der Waals surface area contributed by atoms with Crippen LogP contribution < -0.4 is 10.6 Å². The third-order valence-electron chi connectivity index (χ3n) is 3.76. The predicted octanol–water partition coefficient (Wildman–Crippen LogP) is 1.28. The summed E-state index contributed by atoms with van der Waals surface area (Å²) < 4.78 is 5.31. The van der Waals surface area contributed by atoms with E-state index in [1.165, 1.54) is 0 Å². The van der Waals surface area contributed by atoms with E-state index in [9.17, 15) is 4.79 Å². The molecule has 1 saturated heterocycles. The molecule has 0 atom stereocenters. The number of hydrogen-bond acceptors (Lipinski definition) is 6. The van der Waals surface area contributed by atoms with Gasteiger partial charge in [-0.1, -0.05) is 6.07 Å². The monoisotopic (exact) mass is 327 g/mol. The maximum Gasteiger partial charge on any atom is 0.251 e. The number of benzene rings is 1. The largest absolute Gasteiger partial charge is 0.379 e. The standard InChI is InChI=1S/C17H21N5O2/c23-16(18-7-8-22-9-11-24-12-10-22)14-3-1-4-15(13-14)21-17-19-5-2-6-20-17/h1-6,13H,7-12H2,(H,18,23)(H,19,20,21). The van der Waals surface area contributed by atoms with E-state index in [2.05, 4.69) is 25.5 Å². The smallest absolute Gasteiger partial charge is 0.251 e. The molecule has 1 aliphatic rings. The summed E-state index contributed by atoms with van der Waals surface area (Å²) in [5.74, 6) is 0.420. The van der Waals surface area contributed by atoms with Crippen LogP contribution in [0.15, 0.2) is 42.7 Å². The fourth-order valence-electron chi connectivity index (χ4n) is 2.49. The maximum atomic E-state index is 12.3. The molecule has 1 aliphatic heterocycles. The molecule has 0 spiro atoms. The van der Waals surface area contributed by atoms with E-state index >= 15 is 0 Å². The number of aromatic nitrogens is 2. The third-order valence-corrected chi connectivity index (χ3v) is 3.76. The highest BCUT2D eigenvalue weighted by Gasteiger charge is 2.11. The zero-order valence-electron chi connectivity index (χ0n) is 13.4. The zero-order valence-corrected chi connectivity index (χ0v) is 13.4. The molecule has 2 N–H and O–H groups in total. The Labute approximate surface area is 141 Å². The lowest BCUT2D eigenvalue weighted by molar-refractivity contribution is 0.0383. The molecule has 7 nitrogen and oxygen atoms in total. The minimum Gasteiger partial charge on any atom is -0.379 e. The van der Waals surface area contributed by atoms with Crippen molar-refractivity contribution in [3.63, 3.8) is 0 Å². The van der Waals surface area contributed by atoms with Crippen LogP contribution in [0.4, 0.5) is 11.6 Å². The highest BCUT2D eigenvalue weighted by atomic mass is 16.5. The molecule has 0 aliphatic carbocycles. The van der Waals surface area contributed by atoms with Crippen molar-refractivity contribution in [1.29, 1.82) is 0 Å². The van der Waals surface area contributed by atoms with Gasteiger partial charge in [0.25, 0.3) is 5.91 Å². The summed E-state index contributed by atoms with van der Waals surface area (Å²) in [6.07, 6.45) is 3.33. The van der Waals surface area contributed by atoms with E-state index in [0.29, 0.717) is 18.1 Å². The SMILES string of the molecule is O=C(NCCN1CCOCC1)c1cccc(Nc2ncccn2)c1. The van der Waals surface area contributed by atoms with Crippen LogP contribution >= 0.6 is 0 Å². The van der Waals surface area contributed by atoms with Crippen molar-refractivity contribution in [3.8, 4) is 0 Å². The van der Waals surface area contributed by atoms with Crippen molar-refractivity contribution in [2.75, 3.05) is 44.7 Å². The number of nitrogens with one attached hydrogen (secondary N) is 2. The second kappa shape index (κ2) is 8.37. The van der Waals surface area contributed by atoms with Gasteiger partial charge < -0.3 is 15.4 Å². The highest BCUT2D eigenvalue weighted by molar-refractivity contribution is 5.95. The molecule has 1 aromatic heterocycles. The topological polar surface area (TPSA) is 79.4 Å². The number of carbonyl (C=O) groups excluding carboxylic acids is 1. The van der Waals surface area contributed by atoms with Crippen LogP contribution in [0.1, 0.15) is 10.4 Å². The Kier molecular flexibility index (Phi) is 5.70. The quantitative estimate of drug-likeness (QED) is 0.832. The molecule has 0 bridgehead atoms. The van der Waals surface area contributed by atoms with Gasteiger partial charge >= 0.3 is 0 Å². The molecule has 1 aromatic carbocycles. The Morgan fingerprint density at radius 2 is 1.96 bits per heavy atom. The second-order valence-electron chi connectivity index (χ2n) is 5.49. The van der Waals surface area contributed by atoms with Gasteiger partial charge in [0.2, 0.25) is 5.95 Å². The first-order valence-electron chi connectivity index (χ1n) is 8.04. The lowest BCUT2D eigenvalue weighted by atomic mass is 10.2. The highest BCUT2D eigenvalue weighted by Crippen LogP contribution is 2.14. The molecule has 1 fully saturated rings. The Bertz CT molecular complexity index is 659. The minimum atomic E-state index is -0.0825. The first kappa shape index (κ1) is 16.4. The molecule has 1 amide bonds. The average Bonchev–Trinajstić information content (AvgIpc) is 2.64. The first-order chi connectivity index (χ1) is 11.8. The summed E-state index contributed by atoms with van der Waals surface area (Å²) in [6.45, 7) is 4.84. The lowest BCUT2D eigenvalue weighted by Crippen LogP contribution is -2.41. The van der Waals surface area contributed by atoms with Gasteiger partial charge in [-0.15, -0.1) is 0 Å². The summed E-state index contributed by atoms with van der Waals surface area (Å²) in [5, 5.41) is 6.04. The van der Waals surface area contributed by atoms with Crippen LogP contribution in [0, 0.1) is 0 Å². The third kappa shape index (κ3) is 4.74. The van der Waals surface area contributed by atoms with Crippen LogP contribution in [-0.4, -0.2) is 60.2 Å². The molecule has 2 heterocycles. The van der Waals surface area contributed by atoms with Crippen molar-refractivity contribution in [2.45, 2.75) is 0 Å². The summed E-state index contributed by atoms with van der Waals surface area (Å²) >= 11 is 0. The molecule has 7 heteroatoms. The van der Waals surface area contributed by atoms with E-state index in [1.807, 2.05) is 12.1 Å². The Morgan fingerprint density at radius 3 is 2.75 bits per heavy atom. The Hall–Kier alpha value is -2.51. The molecular weight excluding hydrogens is 306 g/mol. The Morgan fingerprint density at radius 1 is 1.17 bits per heavy atom. The van der Waals surface area contributed by atoms with Gasteiger partial charge in [0.05, 0.1) is 13.2 Å². The maximum absolute atomic E-state index is 12.3. The van der Waals surface area contributed by atoms with Gasteiger partial charge in [-0.3, -0.25) is 9.69 Å². The number of nitrogens with zero attached hydrogens (tertiary/aromatic N) is 3. The van der Waals surface area contributed by atoms with Crippen LogP contribution in [0.3, 0.4) is 0 Å². The molecule has 126 valence electrons. The molecule has 0 radical (unpaired) electrons. The van der Waals surface area contributed by atoms with Gasteiger partial charge in [0.15, 0.2) is 0 Å². The number of anilines is 2. The number of amides is 1. The number of morpholine rings is 1. The van der Waals surface area contributed by atoms with Crippen molar-refractivity contribution >= 4 is 17.5 Å². The number of carbonyl (C=O) groups is 1. The van der Waals surface area contributed by atoms with Gasteiger partial charge in [-0.2, -0.15) is 0 Å². The number of rotatable bonds is 6. The van der Waals surface area contributed by atoms with Gasteiger partial charge in [-0.05, 0) is 24.3 Å². The van der Waals surface area contributed by atoms with E-state index in [1.54, 1.807) is 30.6 Å². The average molecular weight is 327 g/mol. The first-order valence-corrected chi connectivity index (χ1v) is 8.04. The van der Waals surface area contributed by atoms with Crippen LogP contribution in [0.5, 0.6) is 0 Å². The van der Waals surface area contributed by atoms with Crippen molar-refractivity contribution < 1.29 is 9.53 Å². The molecule has 24 heavy (non-hydrogen) atoms. The summed E-state index contributed by atoms with van der Waals surface area (Å²) in [4.78, 5) is 22.8. The van der Waals surface area contributed by atoms with Gasteiger partial charge in [0, 0.05) is 49.8 Å². The fraction of sp³-hybridized carbons (Fsp3) is 0.353. The fourth-order valence-corrected chi connectivity index (χ4v) is 2.49. The van der Waals surface area contributed by atoms with Crippen molar-refractivity contribution in [1.82, 2.24) is 20.2 Å². The number of ether oxygens (including phenoxy) is 1. The summed E-state index contributed by atoms with van der Waals surface area (Å²) in [7, 11) is 0. The predicted molar refractivity (Wildman–Crippen MR) is 91.3 cm³/mol. The van der Waals surface area contributed by atoms with Gasteiger partial charge in [-0.25, -0.2) is 9.97 Å².